The van der Waals surface area contributed by atoms with Gasteiger partial charge in [-0.2, -0.15) is 0 Å². The number of fused-ring (bicyclic) bond motifs is 1. The summed E-state index contributed by atoms with van der Waals surface area (Å²) in [5.74, 6) is 0.0988. The van der Waals surface area contributed by atoms with Gasteiger partial charge in [0, 0.05) is 5.56 Å². The van der Waals surface area contributed by atoms with Crippen molar-refractivity contribution < 1.29 is 5.11 Å². The summed E-state index contributed by atoms with van der Waals surface area (Å²) in [6.07, 6.45) is 0. The first-order valence-corrected chi connectivity index (χ1v) is 6.00. The Balaban J connectivity index is 2.17. The normalized spacial score (nSPS) is 10.8. The number of hydrogen-bond acceptors (Lipinski definition) is 4. The number of para-hydroxylation sites is 1. The van der Waals surface area contributed by atoms with Gasteiger partial charge in [0.15, 0.2) is 0 Å². The number of nitrogen functional groups attached to an aromatic ring is 1. The fraction of sp³-hybridized carbons (Fsp3) is 0. The maximum absolute atomic E-state index is 9.59. The summed E-state index contributed by atoms with van der Waals surface area (Å²) in [6, 6.07) is 13.2. The zero-order valence-electron chi connectivity index (χ0n) is 8.92. The quantitative estimate of drug-likeness (QED) is 0.508. The molecule has 0 amide bonds. The molecule has 4 heteroatoms. The van der Waals surface area contributed by atoms with E-state index in [0.717, 1.165) is 20.8 Å². The van der Waals surface area contributed by atoms with E-state index in [1.54, 1.807) is 23.5 Å². The molecule has 0 unspecified atom stereocenters. The standard InChI is InChI=1S/C13H10N2OS/c14-9-6-5-8(7-11(9)16)13-15-10-3-1-2-4-12(10)17-13/h1-7,16H,14H2. The summed E-state index contributed by atoms with van der Waals surface area (Å²) in [5, 5.41) is 10.5. The molecule has 0 atom stereocenters. The first-order chi connectivity index (χ1) is 8.24. The molecule has 3 N–H and O–H groups in total. The number of benzene rings is 2. The molecule has 0 spiro atoms. The van der Waals surface area contributed by atoms with Crippen molar-refractivity contribution in [2.45, 2.75) is 0 Å². The average molecular weight is 242 g/mol. The van der Waals surface area contributed by atoms with Gasteiger partial charge in [0.2, 0.25) is 0 Å². The topological polar surface area (TPSA) is 59.1 Å². The lowest BCUT2D eigenvalue weighted by molar-refractivity contribution is 0.478. The van der Waals surface area contributed by atoms with Gasteiger partial charge >= 0.3 is 0 Å². The fourth-order valence-corrected chi connectivity index (χ4v) is 2.63. The number of aromatic hydroxyl groups is 1. The highest BCUT2D eigenvalue weighted by Crippen LogP contribution is 2.33. The maximum Gasteiger partial charge on any atom is 0.139 e. The lowest BCUT2D eigenvalue weighted by Gasteiger charge is -2.00. The van der Waals surface area contributed by atoms with Crippen molar-refractivity contribution in [1.82, 2.24) is 4.98 Å². The number of rotatable bonds is 1. The van der Waals surface area contributed by atoms with Gasteiger partial charge in [-0.1, -0.05) is 12.1 Å². The van der Waals surface area contributed by atoms with Crippen molar-refractivity contribution in [3.05, 3.63) is 42.5 Å². The number of phenolic OH excluding ortho intramolecular Hbond substituents is 1. The van der Waals surface area contributed by atoms with Crippen LogP contribution in [0.15, 0.2) is 42.5 Å². The fourth-order valence-electron chi connectivity index (χ4n) is 1.67. The molecule has 0 saturated heterocycles. The van der Waals surface area contributed by atoms with Crippen LogP contribution in [0, 0.1) is 0 Å². The Kier molecular flexibility index (Phi) is 2.23. The first-order valence-electron chi connectivity index (χ1n) is 5.18. The Bertz CT molecular complexity index is 658. The minimum atomic E-state index is 0.0988. The lowest BCUT2D eigenvalue weighted by Crippen LogP contribution is -1.85. The van der Waals surface area contributed by atoms with Crippen LogP contribution in [0.1, 0.15) is 0 Å². The Morgan fingerprint density at radius 1 is 1.12 bits per heavy atom. The summed E-state index contributed by atoms with van der Waals surface area (Å²) >= 11 is 1.60. The van der Waals surface area contributed by atoms with E-state index in [-0.39, 0.29) is 5.75 Å². The molecule has 1 heterocycles. The SMILES string of the molecule is Nc1ccc(-c2nc3ccccc3s2)cc1O. The van der Waals surface area contributed by atoms with E-state index in [0.29, 0.717) is 5.69 Å². The molecule has 0 aliphatic heterocycles. The number of aromatic nitrogens is 1. The van der Waals surface area contributed by atoms with Gasteiger partial charge in [0.05, 0.1) is 15.9 Å². The summed E-state index contributed by atoms with van der Waals surface area (Å²) in [6.45, 7) is 0. The van der Waals surface area contributed by atoms with Crippen LogP contribution < -0.4 is 5.73 Å². The Labute approximate surface area is 102 Å². The summed E-state index contributed by atoms with van der Waals surface area (Å²) < 4.78 is 1.14. The predicted octanol–water partition coefficient (Wildman–Crippen LogP) is 3.25. The predicted molar refractivity (Wildman–Crippen MR) is 71.1 cm³/mol. The molecule has 17 heavy (non-hydrogen) atoms. The van der Waals surface area contributed by atoms with Crippen molar-refractivity contribution in [3.63, 3.8) is 0 Å². The van der Waals surface area contributed by atoms with Crippen LogP contribution in [-0.4, -0.2) is 10.1 Å². The van der Waals surface area contributed by atoms with Gasteiger partial charge < -0.3 is 10.8 Å². The van der Waals surface area contributed by atoms with Gasteiger partial charge in [-0.25, -0.2) is 4.98 Å². The molecule has 0 radical (unpaired) electrons. The zero-order valence-corrected chi connectivity index (χ0v) is 9.74. The largest absolute Gasteiger partial charge is 0.506 e. The molecule has 0 aliphatic rings. The molecule has 0 aliphatic carbocycles. The second-order valence-corrected chi connectivity index (χ2v) is 4.79. The number of phenols is 1. The average Bonchev–Trinajstić information content (AvgIpc) is 2.76. The van der Waals surface area contributed by atoms with Gasteiger partial charge in [0.1, 0.15) is 10.8 Å². The third kappa shape index (κ3) is 1.72. The van der Waals surface area contributed by atoms with Gasteiger partial charge in [-0.15, -0.1) is 11.3 Å². The van der Waals surface area contributed by atoms with Crippen molar-refractivity contribution in [2.75, 3.05) is 5.73 Å². The lowest BCUT2D eigenvalue weighted by atomic mass is 10.2. The second-order valence-electron chi connectivity index (χ2n) is 3.76. The monoisotopic (exact) mass is 242 g/mol. The third-order valence-electron chi connectivity index (χ3n) is 2.57. The van der Waals surface area contributed by atoms with Gasteiger partial charge in [-0.05, 0) is 30.3 Å². The number of nitrogens with two attached hydrogens (primary N) is 1. The molecule has 3 aromatic rings. The van der Waals surface area contributed by atoms with Crippen LogP contribution in [0.25, 0.3) is 20.8 Å². The number of nitrogens with zero attached hydrogens (tertiary/aromatic N) is 1. The number of thiazole rings is 1. The highest BCUT2D eigenvalue weighted by atomic mass is 32.1. The summed E-state index contributed by atoms with van der Waals surface area (Å²) in [4.78, 5) is 4.52. The minimum Gasteiger partial charge on any atom is -0.506 e. The molecule has 3 nitrogen and oxygen atoms in total. The summed E-state index contributed by atoms with van der Waals surface area (Å²) in [7, 11) is 0. The third-order valence-corrected chi connectivity index (χ3v) is 3.66. The molecule has 0 bridgehead atoms. The van der Waals surface area contributed by atoms with Crippen LogP contribution in [0.5, 0.6) is 5.75 Å². The van der Waals surface area contributed by atoms with E-state index in [1.165, 1.54) is 0 Å². The van der Waals surface area contributed by atoms with E-state index < -0.39 is 0 Å². The highest BCUT2D eigenvalue weighted by Gasteiger charge is 2.07. The van der Waals surface area contributed by atoms with E-state index in [9.17, 15) is 5.11 Å². The maximum atomic E-state index is 9.59. The molecule has 0 fully saturated rings. The molecule has 0 saturated carbocycles. The number of anilines is 1. The van der Waals surface area contributed by atoms with Crippen LogP contribution in [0.3, 0.4) is 0 Å². The van der Waals surface area contributed by atoms with Crippen molar-refractivity contribution in [1.29, 1.82) is 0 Å². The van der Waals surface area contributed by atoms with Crippen LogP contribution in [0.2, 0.25) is 0 Å². The van der Waals surface area contributed by atoms with Crippen LogP contribution in [-0.2, 0) is 0 Å². The van der Waals surface area contributed by atoms with E-state index in [1.807, 2.05) is 30.3 Å². The highest BCUT2D eigenvalue weighted by molar-refractivity contribution is 7.21. The van der Waals surface area contributed by atoms with Crippen LogP contribution in [0.4, 0.5) is 5.69 Å². The van der Waals surface area contributed by atoms with Crippen molar-refractivity contribution in [2.24, 2.45) is 0 Å². The molecular formula is C13H10N2OS. The molecule has 3 rings (SSSR count). The van der Waals surface area contributed by atoms with E-state index in [4.69, 9.17) is 5.73 Å². The van der Waals surface area contributed by atoms with Crippen molar-refractivity contribution in [3.8, 4) is 16.3 Å². The molecule has 2 aromatic carbocycles. The van der Waals surface area contributed by atoms with Gasteiger partial charge in [0.25, 0.3) is 0 Å². The zero-order chi connectivity index (χ0) is 11.8. The number of hydrogen-bond donors (Lipinski definition) is 2. The van der Waals surface area contributed by atoms with Crippen molar-refractivity contribution >= 4 is 27.2 Å². The van der Waals surface area contributed by atoms with E-state index in [2.05, 4.69) is 4.98 Å². The first kappa shape index (κ1) is 10.1. The Hall–Kier alpha value is -2.07. The smallest absolute Gasteiger partial charge is 0.139 e. The minimum absolute atomic E-state index is 0.0988. The molecule has 1 aromatic heterocycles. The Morgan fingerprint density at radius 3 is 2.71 bits per heavy atom. The molecular weight excluding hydrogens is 232 g/mol. The van der Waals surface area contributed by atoms with Crippen LogP contribution >= 0.6 is 11.3 Å². The molecule has 84 valence electrons. The van der Waals surface area contributed by atoms with E-state index >= 15 is 0 Å². The summed E-state index contributed by atoms with van der Waals surface area (Å²) in [5.41, 5.74) is 7.82. The van der Waals surface area contributed by atoms with Gasteiger partial charge in [-0.3, -0.25) is 0 Å². The second kappa shape index (κ2) is 3.75. The Morgan fingerprint density at radius 2 is 1.94 bits per heavy atom.